The lowest BCUT2D eigenvalue weighted by Gasteiger charge is -2.16. The Kier molecular flexibility index (Phi) is 5.83. The summed E-state index contributed by atoms with van der Waals surface area (Å²) in [5, 5.41) is 9.96. The van der Waals surface area contributed by atoms with Crippen LogP contribution in [0.2, 0.25) is 0 Å². The highest BCUT2D eigenvalue weighted by Gasteiger charge is 2.30. The highest BCUT2D eigenvalue weighted by molar-refractivity contribution is 8.00. The van der Waals surface area contributed by atoms with Crippen LogP contribution in [0.4, 0.5) is 13.2 Å². The van der Waals surface area contributed by atoms with Gasteiger partial charge in [0.25, 0.3) is 0 Å². The van der Waals surface area contributed by atoms with Crippen molar-refractivity contribution in [1.82, 2.24) is 20.2 Å². The number of hydrogen-bond acceptors (Lipinski definition) is 7. The van der Waals surface area contributed by atoms with E-state index in [4.69, 9.17) is 4.74 Å². The molecule has 0 aliphatic rings. The van der Waals surface area contributed by atoms with Crippen molar-refractivity contribution in [2.45, 2.75) is 10.4 Å². The predicted molar refractivity (Wildman–Crippen MR) is 92.6 cm³/mol. The zero-order valence-electron chi connectivity index (χ0n) is 14.6. The molecule has 0 bridgehead atoms. The number of hydrogen-bond donors (Lipinski definition) is 0. The number of tetrazole rings is 1. The number of carbonyl (C=O) groups excluding carboxylic acids is 1. The number of halogens is 3. The van der Waals surface area contributed by atoms with Crippen LogP contribution in [-0.4, -0.2) is 40.4 Å². The van der Waals surface area contributed by atoms with E-state index in [1.54, 1.807) is 24.3 Å². The van der Waals surface area contributed by atoms with E-state index in [-0.39, 0.29) is 5.16 Å². The number of esters is 1. The van der Waals surface area contributed by atoms with Crippen molar-refractivity contribution < 1.29 is 27.4 Å². The summed E-state index contributed by atoms with van der Waals surface area (Å²) in [5.41, 5.74) is 0.0669. The molecule has 7 nitrogen and oxygen atoms in total. The number of nitrogens with zero attached hydrogens (tertiary/aromatic N) is 4. The van der Waals surface area contributed by atoms with E-state index in [0.29, 0.717) is 23.6 Å². The van der Waals surface area contributed by atoms with Crippen LogP contribution in [0, 0.1) is 17.5 Å². The first-order chi connectivity index (χ1) is 13.5. The van der Waals surface area contributed by atoms with Crippen molar-refractivity contribution in [1.29, 1.82) is 0 Å². The molecule has 0 radical (unpaired) electrons. The van der Waals surface area contributed by atoms with Crippen molar-refractivity contribution in [2.24, 2.45) is 0 Å². The van der Waals surface area contributed by atoms with E-state index in [2.05, 4.69) is 20.3 Å². The summed E-state index contributed by atoms with van der Waals surface area (Å²) >= 11 is 0.718. The molecule has 11 heteroatoms. The van der Waals surface area contributed by atoms with Gasteiger partial charge in [-0.1, -0.05) is 23.9 Å². The van der Waals surface area contributed by atoms with E-state index >= 15 is 0 Å². The summed E-state index contributed by atoms with van der Waals surface area (Å²) in [6.45, 7) is 0. The third-order valence-electron chi connectivity index (χ3n) is 3.71. The van der Waals surface area contributed by atoms with Gasteiger partial charge in [-0.15, -0.1) is 5.10 Å². The van der Waals surface area contributed by atoms with Gasteiger partial charge in [0.05, 0.1) is 14.2 Å². The number of benzene rings is 2. The second-order valence-corrected chi connectivity index (χ2v) is 6.43. The summed E-state index contributed by atoms with van der Waals surface area (Å²) in [5.74, 6) is -4.20. The molecule has 1 unspecified atom stereocenters. The number of aromatic nitrogens is 4. The Morgan fingerprint density at radius 3 is 2.54 bits per heavy atom. The van der Waals surface area contributed by atoms with Crippen LogP contribution < -0.4 is 4.74 Å². The second kappa shape index (κ2) is 8.30. The lowest BCUT2D eigenvalue weighted by Crippen LogP contribution is -2.15. The average molecular weight is 410 g/mol. The van der Waals surface area contributed by atoms with Crippen LogP contribution in [0.1, 0.15) is 10.8 Å². The van der Waals surface area contributed by atoms with Crippen molar-refractivity contribution in [2.75, 3.05) is 14.2 Å². The molecule has 0 saturated carbocycles. The summed E-state index contributed by atoms with van der Waals surface area (Å²) < 4.78 is 52.4. The SMILES string of the molecule is COC(=O)C(Sc1nnnn1-c1ccccc1OC)c1cc(F)c(F)cc1F. The van der Waals surface area contributed by atoms with Crippen LogP contribution in [0.5, 0.6) is 5.75 Å². The molecule has 0 aliphatic carbocycles. The molecular weight excluding hydrogens is 397 g/mol. The van der Waals surface area contributed by atoms with Gasteiger partial charge >= 0.3 is 5.97 Å². The Balaban J connectivity index is 2.04. The molecular formula is C17H13F3N4O3S. The zero-order chi connectivity index (χ0) is 20.3. The second-order valence-electron chi connectivity index (χ2n) is 5.35. The number of carbonyl (C=O) groups is 1. The molecule has 0 saturated heterocycles. The van der Waals surface area contributed by atoms with Gasteiger partial charge in [0, 0.05) is 11.6 Å². The van der Waals surface area contributed by atoms with Crippen molar-refractivity contribution in [3.8, 4) is 11.4 Å². The Morgan fingerprint density at radius 1 is 1.11 bits per heavy atom. The summed E-state index contributed by atoms with van der Waals surface area (Å²) in [7, 11) is 2.56. The lowest BCUT2D eigenvalue weighted by atomic mass is 10.1. The monoisotopic (exact) mass is 410 g/mol. The molecule has 2 aromatic carbocycles. The van der Waals surface area contributed by atoms with Gasteiger partial charge in [-0.3, -0.25) is 4.79 Å². The first-order valence-electron chi connectivity index (χ1n) is 7.77. The Hall–Kier alpha value is -3.08. The van der Waals surface area contributed by atoms with E-state index in [1.165, 1.54) is 11.8 Å². The molecule has 0 N–H and O–H groups in total. The number of ether oxygens (including phenoxy) is 2. The van der Waals surface area contributed by atoms with Gasteiger partial charge in [-0.25, -0.2) is 13.2 Å². The maximum absolute atomic E-state index is 14.2. The van der Waals surface area contributed by atoms with Gasteiger partial charge in [-0.2, -0.15) is 4.68 Å². The van der Waals surface area contributed by atoms with Crippen LogP contribution in [0.25, 0.3) is 5.69 Å². The van der Waals surface area contributed by atoms with Crippen LogP contribution >= 0.6 is 11.8 Å². The molecule has 3 rings (SSSR count). The number of thioether (sulfide) groups is 1. The van der Waals surface area contributed by atoms with Crippen molar-refractivity contribution in [3.05, 3.63) is 59.4 Å². The third kappa shape index (κ3) is 3.79. The molecule has 1 atom stereocenters. The van der Waals surface area contributed by atoms with Crippen molar-refractivity contribution >= 4 is 17.7 Å². The van der Waals surface area contributed by atoms with Gasteiger partial charge in [0.2, 0.25) is 5.16 Å². The van der Waals surface area contributed by atoms with Crippen molar-refractivity contribution in [3.63, 3.8) is 0 Å². The van der Waals surface area contributed by atoms with E-state index in [9.17, 15) is 18.0 Å². The lowest BCUT2D eigenvalue weighted by molar-refractivity contribution is -0.140. The molecule has 1 heterocycles. The van der Waals surface area contributed by atoms with Gasteiger partial charge in [-0.05, 0) is 28.6 Å². The predicted octanol–water partition coefficient (Wildman–Crippen LogP) is 3.09. The summed E-state index contributed by atoms with van der Waals surface area (Å²) in [6.07, 6.45) is 0. The smallest absolute Gasteiger partial charge is 0.323 e. The van der Waals surface area contributed by atoms with Gasteiger partial charge in [0.1, 0.15) is 22.5 Å². The maximum atomic E-state index is 14.2. The maximum Gasteiger partial charge on any atom is 0.323 e. The molecule has 0 aliphatic heterocycles. The topological polar surface area (TPSA) is 79.1 Å². The fraction of sp³-hybridized carbons (Fsp3) is 0.176. The van der Waals surface area contributed by atoms with Gasteiger partial charge < -0.3 is 9.47 Å². The Bertz CT molecular complexity index is 1020. The van der Waals surface area contributed by atoms with Gasteiger partial charge in [0.15, 0.2) is 11.6 Å². The highest BCUT2D eigenvalue weighted by atomic mass is 32.2. The molecule has 1 aromatic heterocycles. The third-order valence-corrected chi connectivity index (χ3v) is 4.86. The van der Waals surface area contributed by atoms with E-state index < -0.39 is 34.2 Å². The fourth-order valence-electron chi connectivity index (χ4n) is 2.40. The standard InChI is InChI=1S/C17H13F3N4O3S/c1-26-14-6-4-3-5-13(14)24-17(21-22-23-24)28-15(16(25)27-2)9-7-11(19)12(20)8-10(9)18/h3-8,15H,1-2H3. The molecule has 146 valence electrons. The first-order valence-corrected chi connectivity index (χ1v) is 8.65. The zero-order valence-corrected chi connectivity index (χ0v) is 15.4. The van der Waals surface area contributed by atoms with Crippen LogP contribution in [0.3, 0.4) is 0 Å². The minimum atomic E-state index is -1.38. The highest BCUT2D eigenvalue weighted by Crippen LogP contribution is 2.38. The molecule has 3 aromatic rings. The Morgan fingerprint density at radius 2 is 1.82 bits per heavy atom. The quantitative estimate of drug-likeness (QED) is 0.351. The Labute approximate surface area is 161 Å². The summed E-state index contributed by atoms with van der Waals surface area (Å²) in [6, 6.07) is 7.79. The normalized spacial score (nSPS) is 11.9. The van der Waals surface area contributed by atoms with Crippen LogP contribution in [-0.2, 0) is 9.53 Å². The van der Waals surface area contributed by atoms with Crippen LogP contribution in [0.15, 0.2) is 41.6 Å². The number of methoxy groups -OCH3 is 2. The van der Waals surface area contributed by atoms with E-state index in [1.807, 2.05) is 0 Å². The summed E-state index contributed by atoms with van der Waals surface area (Å²) in [4.78, 5) is 12.2. The molecule has 0 fully saturated rings. The number of rotatable bonds is 6. The molecule has 0 amide bonds. The minimum Gasteiger partial charge on any atom is -0.494 e. The fourth-order valence-corrected chi connectivity index (χ4v) is 3.43. The minimum absolute atomic E-state index is 0.0871. The molecule has 28 heavy (non-hydrogen) atoms. The average Bonchev–Trinajstić information content (AvgIpc) is 3.16. The first kappa shape index (κ1) is 19.7. The number of para-hydroxylation sites is 2. The largest absolute Gasteiger partial charge is 0.494 e. The molecule has 0 spiro atoms. The van der Waals surface area contributed by atoms with E-state index in [0.717, 1.165) is 18.9 Å².